The van der Waals surface area contributed by atoms with E-state index in [0.717, 1.165) is 5.71 Å². The number of nitrogens with zero attached hydrogens (tertiary/aromatic N) is 4. The fraction of sp³-hybridized carbons (Fsp3) is 0.111. The summed E-state index contributed by atoms with van der Waals surface area (Å²) in [7, 11) is 0. The molecule has 1 unspecified atom stereocenters. The highest BCUT2D eigenvalue weighted by Gasteiger charge is 2.27. The van der Waals surface area contributed by atoms with Crippen molar-refractivity contribution >= 4 is 11.6 Å². The van der Waals surface area contributed by atoms with Gasteiger partial charge in [0.25, 0.3) is 0 Å². The quantitative estimate of drug-likeness (QED) is 0.594. The normalized spacial score (nSPS) is 23.0. The summed E-state index contributed by atoms with van der Waals surface area (Å²) in [4.78, 5) is 15.4. The lowest BCUT2D eigenvalue weighted by Crippen LogP contribution is -2.26. The topological polar surface area (TPSA) is 60.1 Å². The molecule has 0 saturated carbocycles. The van der Waals surface area contributed by atoms with E-state index in [-0.39, 0.29) is 11.9 Å². The van der Waals surface area contributed by atoms with E-state index in [9.17, 15) is 4.79 Å². The summed E-state index contributed by atoms with van der Waals surface area (Å²) in [6.07, 6.45) is 9.11. The first-order chi connectivity index (χ1) is 6.86. The first-order valence-corrected chi connectivity index (χ1v) is 4.23. The molecular weight excluding hydrogens is 180 g/mol. The van der Waals surface area contributed by atoms with Crippen molar-refractivity contribution in [2.75, 3.05) is 0 Å². The number of allylic oxidation sites excluding steroid dienone is 4. The van der Waals surface area contributed by atoms with E-state index in [1.807, 2.05) is 24.3 Å². The maximum Gasteiger partial charge on any atom is 0.315 e. The Labute approximate surface area is 79.5 Å². The number of carbonyl (C=O) groups excluding carboxylic acids is 1. The third-order valence-corrected chi connectivity index (χ3v) is 2.27. The van der Waals surface area contributed by atoms with Gasteiger partial charge in [-0.25, -0.2) is 4.99 Å². The van der Waals surface area contributed by atoms with Gasteiger partial charge in [0.15, 0.2) is 0 Å². The third kappa shape index (κ3) is 0.834. The molecule has 0 aromatic carbocycles. The van der Waals surface area contributed by atoms with Crippen molar-refractivity contribution in [1.82, 2.24) is 14.8 Å². The molecule has 1 amide bonds. The Kier molecular flexibility index (Phi) is 1.30. The lowest BCUT2D eigenvalue weighted by Gasteiger charge is -2.21. The third-order valence-electron chi connectivity index (χ3n) is 2.27. The van der Waals surface area contributed by atoms with E-state index in [1.165, 1.54) is 0 Å². The Morgan fingerprint density at radius 3 is 3.21 bits per heavy atom. The predicted molar refractivity (Wildman–Crippen MR) is 49.1 cm³/mol. The number of aromatic nitrogens is 3. The number of amides is 1. The second-order valence-corrected chi connectivity index (χ2v) is 3.09. The van der Waals surface area contributed by atoms with Crippen LogP contribution in [-0.2, 0) is 0 Å². The molecular formula is C9H6N4O. The molecule has 14 heavy (non-hydrogen) atoms. The smallest absolute Gasteiger partial charge is 0.297 e. The van der Waals surface area contributed by atoms with Crippen molar-refractivity contribution < 1.29 is 4.79 Å². The van der Waals surface area contributed by atoms with Crippen LogP contribution in [-0.4, -0.2) is 26.4 Å². The molecule has 0 saturated heterocycles. The fourth-order valence-corrected chi connectivity index (χ4v) is 1.63. The Bertz CT molecular complexity index is 495. The number of carbonyl (C=O) groups is 1. The van der Waals surface area contributed by atoms with Crippen molar-refractivity contribution in [2.24, 2.45) is 4.99 Å². The first-order valence-electron chi connectivity index (χ1n) is 4.23. The van der Waals surface area contributed by atoms with Gasteiger partial charge in [-0.1, -0.05) is 18.2 Å². The molecule has 1 aromatic heterocycles. The van der Waals surface area contributed by atoms with Crippen molar-refractivity contribution in [3.05, 3.63) is 36.5 Å². The minimum absolute atomic E-state index is 0.0253. The van der Waals surface area contributed by atoms with Gasteiger partial charge in [0.1, 0.15) is 6.33 Å². The lowest BCUT2D eigenvalue weighted by atomic mass is 10.0. The van der Waals surface area contributed by atoms with Crippen molar-refractivity contribution in [1.29, 1.82) is 0 Å². The van der Waals surface area contributed by atoms with E-state index in [1.54, 1.807) is 10.9 Å². The monoisotopic (exact) mass is 186 g/mol. The van der Waals surface area contributed by atoms with Crippen LogP contribution in [0, 0.1) is 0 Å². The number of rotatable bonds is 0. The molecule has 0 N–H and O–H groups in total. The molecule has 3 rings (SSSR count). The molecule has 68 valence electrons. The Balaban J connectivity index is 2.23. The fourth-order valence-electron chi connectivity index (χ4n) is 1.63. The zero-order valence-electron chi connectivity index (χ0n) is 7.16. The number of hydrogen-bond acceptors (Lipinski definition) is 3. The van der Waals surface area contributed by atoms with Gasteiger partial charge < -0.3 is 0 Å². The van der Waals surface area contributed by atoms with Gasteiger partial charge in [-0.15, -0.1) is 10.2 Å². The van der Waals surface area contributed by atoms with E-state index in [2.05, 4.69) is 15.2 Å². The van der Waals surface area contributed by atoms with Gasteiger partial charge in [0.05, 0.1) is 11.8 Å². The van der Waals surface area contributed by atoms with Crippen LogP contribution < -0.4 is 0 Å². The molecule has 0 fully saturated rings. The van der Waals surface area contributed by atoms with Crippen molar-refractivity contribution in [3.63, 3.8) is 0 Å². The molecule has 1 atom stereocenters. The number of aliphatic imine (C=N–C) groups is 1. The van der Waals surface area contributed by atoms with E-state index >= 15 is 0 Å². The van der Waals surface area contributed by atoms with Crippen LogP contribution in [0.2, 0.25) is 0 Å². The van der Waals surface area contributed by atoms with Gasteiger partial charge in [0.2, 0.25) is 5.82 Å². The van der Waals surface area contributed by atoms with Crippen LogP contribution in [0.4, 0.5) is 0 Å². The van der Waals surface area contributed by atoms with E-state index in [0.29, 0.717) is 5.82 Å². The molecule has 0 bridgehead atoms. The first kappa shape index (κ1) is 7.37. The Morgan fingerprint density at radius 1 is 1.36 bits per heavy atom. The van der Waals surface area contributed by atoms with Gasteiger partial charge >= 0.3 is 5.91 Å². The molecule has 1 aliphatic heterocycles. The van der Waals surface area contributed by atoms with Crippen molar-refractivity contribution in [2.45, 2.75) is 6.04 Å². The molecule has 0 spiro atoms. The summed E-state index contributed by atoms with van der Waals surface area (Å²) < 4.78 is 1.73. The van der Waals surface area contributed by atoms with E-state index < -0.39 is 0 Å². The number of fused-ring (bicyclic) bond motifs is 3. The summed E-state index contributed by atoms with van der Waals surface area (Å²) in [5.74, 6) is -0.0209. The summed E-state index contributed by atoms with van der Waals surface area (Å²) in [6, 6.07) is -0.0253. The van der Waals surface area contributed by atoms with Crippen LogP contribution in [0.3, 0.4) is 0 Å². The molecule has 5 heteroatoms. The summed E-state index contributed by atoms with van der Waals surface area (Å²) in [6.45, 7) is 0. The minimum atomic E-state index is -0.325. The standard InChI is InChI=1S/C9H6N4O/c14-9-8-12-10-5-13(8)7-4-2-1-3-6(7)11-9/h1-5,7H. The summed E-state index contributed by atoms with van der Waals surface area (Å²) in [5.41, 5.74) is 0.741. The lowest BCUT2D eigenvalue weighted by molar-refractivity contribution is 0.0984. The molecule has 5 nitrogen and oxygen atoms in total. The highest BCUT2D eigenvalue weighted by molar-refractivity contribution is 6.11. The summed E-state index contributed by atoms with van der Waals surface area (Å²) >= 11 is 0. The minimum Gasteiger partial charge on any atom is -0.297 e. The largest absolute Gasteiger partial charge is 0.315 e. The maximum atomic E-state index is 11.4. The van der Waals surface area contributed by atoms with Crippen LogP contribution in [0.25, 0.3) is 0 Å². The van der Waals surface area contributed by atoms with Crippen molar-refractivity contribution in [3.8, 4) is 0 Å². The second kappa shape index (κ2) is 2.47. The van der Waals surface area contributed by atoms with Crippen LogP contribution in [0.15, 0.2) is 35.6 Å². The molecule has 1 aromatic rings. The molecule has 2 heterocycles. The second-order valence-electron chi connectivity index (χ2n) is 3.09. The molecule has 1 aliphatic carbocycles. The SMILES string of the molecule is O=C1N=C2C=CC=CC2n2cnnc21. The predicted octanol–water partition coefficient (Wildman–Crippen LogP) is 0.540. The Hall–Kier alpha value is -2.04. The molecule has 2 aliphatic rings. The van der Waals surface area contributed by atoms with Gasteiger partial charge in [0, 0.05) is 0 Å². The van der Waals surface area contributed by atoms with Crippen LogP contribution in [0.5, 0.6) is 0 Å². The number of hydrogen-bond donors (Lipinski definition) is 0. The highest BCUT2D eigenvalue weighted by atomic mass is 16.1. The van der Waals surface area contributed by atoms with Gasteiger partial charge in [-0.3, -0.25) is 9.36 Å². The zero-order valence-corrected chi connectivity index (χ0v) is 7.16. The van der Waals surface area contributed by atoms with Crippen LogP contribution in [0.1, 0.15) is 16.7 Å². The Morgan fingerprint density at radius 2 is 2.29 bits per heavy atom. The summed E-state index contributed by atoms with van der Waals surface area (Å²) in [5, 5.41) is 7.43. The molecule has 0 radical (unpaired) electrons. The van der Waals surface area contributed by atoms with E-state index in [4.69, 9.17) is 0 Å². The van der Waals surface area contributed by atoms with Gasteiger partial charge in [-0.05, 0) is 6.08 Å². The van der Waals surface area contributed by atoms with Gasteiger partial charge in [-0.2, -0.15) is 0 Å². The average molecular weight is 186 g/mol. The zero-order chi connectivity index (χ0) is 9.54. The van der Waals surface area contributed by atoms with Crippen LogP contribution >= 0.6 is 0 Å². The highest BCUT2D eigenvalue weighted by Crippen LogP contribution is 2.21. The maximum absolute atomic E-state index is 11.4. The average Bonchev–Trinajstić information content (AvgIpc) is 2.67.